The highest BCUT2D eigenvalue weighted by Gasteiger charge is 2.32. The maximum absolute atomic E-state index is 12.7. The number of benzene rings is 1. The van der Waals surface area contributed by atoms with Crippen molar-refractivity contribution in [1.29, 1.82) is 0 Å². The standard InChI is InChI=1S/C15H24N2O3S/c1-2-10-16-13-6-8-15(9-7-13)21(19,20)17-11-4-3-5-14(17)12-18/h6-9,14,16,18H,2-5,10-12H2,1H3. The summed E-state index contributed by atoms with van der Waals surface area (Å²) in [5.41, 5.74) is 0.924. The summed E-state index contributed by atoms with van der Waals surface area (Å²) < 4.78 is 26.8. The first-order valence-corrected chi connectivity index (χ1v) is 9.00. The number of rotatable bonds is 6. The minimum absolute atomic E-state index is 0.116. The predicted molar refractivity (Wildman–Crippen MR) is 83.8 cm³/mol. The van der Waals surface area contributed by atoms with Crippen molar-refractivity contribution < 1.29 is 13.5 Å². The zero-order chi connectivity index (χ0) is 15.3. The van der Waals surface area contributed by atoms with Crippen LogP contribution in [-0.2, 0) is 10.0 Å². The number of sulfonamides is 1. The van der Waals surface area contributed by atoms with E-state index in [4.69, 9.17) is 0 Å². The lowest BCUT2D eigenvalue weighted by molar-refractivity contribution is 0.155. The Morgan fingerprint density at radius 1 is 1.29 bits per heavy atom. The number of nitrogens with one attached hydrogen (secondary N) is 1. The van der Waals surface area contributed by atoms with Crippen LogP contribution in [0.5, 0.6) is 0 Å². The topological polar surface area (TPSA) is 69.6 Å². The molecular formula is C15H24N2O3S. The average molecular weight is 312 g/mol. The first kappa shape index (κ1) is 16.3. The predicted octanol–water partition coefficient (Wildman–Crippen LogP) is 2.04. The number of aliphatic hydroxyl groups excluding tert-OH is 1. The number of hydrogen-bond acceptors (Lipinski definition) is 4. The minimum Gasteiger partial charge on any atom is -0.395 e. The van der Waals surface area contributed by atoms with Gasteiger partial charge in [0.2, 0.25) is 10.0 Å². The lowest BCUT2D eigenvalue weighted by Gasteiger charge is -2.33. The third-order valence-corrected chi connectivity index (χ3v) is 5.79. The molecule has 1 heterocycles. The molecule has 0 bridgehead atoms. The van der Waals surface area contributed by atoms with Crippen molar-refractivity contribution in [3.63, 3.8) is 0 Å². The molecular weight excluding hydrogens is 288 g/mol. The van der Waals surface area contributed by atoms with E-state index >= 15 is 0 Å². The molecule has 0 aliphatic carbocycles. The van der Waals surface area contributed by atoms with Gasteiger partial charge in [-0.3, -0.25) is 0 Å². The maximum atomic E-state index is 12.7. The fraction of sp³-hybridized carbons (Fsp3) is 0.600. The highest BCUT2D eigenvalue weighted by atomic mass is 32.2. The SMILES string of the molecule is CCCNc1ccc(S(=O)(=O)N2CCCCC2CO)cc1. The Balaban J connectivity index is 2.18. The average Bonchev–Trinajstić information content (AvgIpc) is 2.53. The van der Waals surface area contributed by atoms with Gasteiger partial charge in [-0.25, -0.2) is 8.42 Å². The smallest absolute Gasteiger partial charge is 0.243 e. The zero-order valence-corrected chi connectivity index (χ0v) is 13.3. The lowest BCUT2D eigenvalue weighted by Crippen LogP contribution is -2.45. The highest BCUT2D eigenvalue weighted by Crippen LogP contribution is 2.25. The fourth-order valence-electron chi connectivity index (χ4n) is 2.62. The van der Waals surface area contributed by atoms with Gasteiger partial charge >= 0.3 is 0 Å². The van der Waals surface area contributed by atoms with Gasteiger partial charge in [0.1, 0.15) is 0 Å². The Labute approximate surface area is 127 Å². The van der Waals surface area contributed by atoms with Crippen molar-refractivity contribution in [2.45, 2.75) is 43.5 Å². The number of hydrogen-bond donors (Lipinski definition) is 2. The van der Waals surface area contributed by atoms with E-state index in [0.29, 0.717) is 11.4 Å². The van der Waals surface area contributed by atoms with Crippen LogP contribution in [0.3, 0.4) is 0 Å². The van der Waals surface area contributed by atoms with Crippen molar-refractivity contribution in [3.05, 3.63) is 24.3 Å². The summed E-state index contributed by atoms with van der Waals surface area (Å²) in [6.07, 6.45) is 3.57. The summed E-state index contributed by atoms with van der Waals surface area (Å²) in [5.74, 6) is 0. The third-order valence-electron chi connectivity index (χ3n) is 3.82. The van der Waals surface area contributed by atoms with Gasteiger partial charge in [0.25, 0.3) is 0 Å². The lowest BCUT2D eigenvalue weighted by atomic mass is 10.1. The normalized spacial score (nSPS) is 20.4. The minimum atomic E-state index is -3.52. The van der Waals surface area contributed by atoms with E-state index < -0.39 is 10.0 Å². The summed E-state index contributed by atoms with van der Waals surface area (Å²) in [6, 6.07) is 6.56. The summed E-state index contributed by atoms with van der Waals surface area (Å²) in [6.45, 7) is 3.32. The molecule has 5 nitrogen and oxygen atoms in total. The monoisotopic (exact) mass is 312 g/mol. The van der Waals surface area contributed by atoms with Crippen LogP contribution in [0.15, 0.2) is 29.2 Å². The van der Waals surface area contributed by atoms with Gasteiger partial charge in [-0.1, -0.05) is 13.3 Å². The summed E-state index contributed by atoms with van der Waals surface area (Å²) in [5, 5.41) is 12.6. The quantitative estimate of drug-likeness (QED) is 0.843. The number of anilines is 1. The molecule has 2 N–H and O–H groups in total. The second-order valence-electron chi connectivity index (χ2n) is 5.40. The van der Waals surface area contributed by atoms with Crippen LogP contribution in [0, 0.1) is 0 Å². The van der Waals surface area contributed by atoms with Crippen molar-refractivity contribution in [2.24, 2.45) is 0 Å². The third kappa shape index (κ3) is 3.75. The van der Waals surface area contributed by atoms with Crippen LogP contribution in [0.4, 0.5) is 5.69 Å². The fourth-order valence-corrected chi connectivity index (χ4v) is 4.31. The zero-order valence-electron chi connectivity index (χ0n) is 12.5. The Kier molecular flexibility index (Phi) is 5.61. The molecule has 1 saturated heterocycles. The van der Waals surface area contributed by atoms with Crippen LogP contribution in [0.25, 0.3) is 0 Å². The van der Waals surface area contributed by atoms with Crippen molar-refractivity contribution in [2.75, 3.05) is 25.0 Å². The van der Waals surface area contributed by atoms with Gasteiger partial charge in [0, 0.05) is 24.8 Å². The Bertz CT molecular complexity index is 543. The molecule has 1 aromatic carbocycles. The van der Waals surface area contributed by atoms with Gasteiger partial charge < -0.3 is 10.4 Å². The van der Waals surface area contributed by atoms with Crippen LogP contribution >= 0.6 is 0 Å². The molecule has 0 spiro atoms. The molecule has 118 valence electrons. The summed E-state index contributed by atoms with van der Waals surface area (Å²) >= 11 is 0. The van der Waals surface area contributed by atoms with Crippen LogP contribution in [-0.4, -0.2) is 43.6 Å². The molecule has 1 fully saturated rings. The molecule has 21 heavy (non-hydrogen) atoms. The van der Waals surface area contributed by atoms with E-state index in [1.165, 1.54) is 4.31 Å². The van der Waals surface area contributed by atoms with Gasteiger partial charge in [-0.05, 0) is 43.5 Å². The first-order valence-electron chi connectivity index (χ1n) is 7.56. The summed E-state index contributed by atoms with van der Waals surface area (Å²) in [7, 11) is -3.52. The molecule has 0 radical (unpaired) electrons. The van der Waals surface area contributed by atoms with E-state index in [0.717, 1.165) is 37.9 Å². The van der Waals surface area contributed by atoms with E-state index in [2.05, 4.69) is 12.2 Å². The number of aliphatic hydroxyl groups is 1. The molecule has 1 atom stereocenters. The van der Waals surface area contributed by atoms with Crippen LogP contribution in [0.2, 0.25) is 0 Å². The van der Waals surface area contributed by atoms with E-state index in [1.54, 1.807) is 24.3 Å². The molecule has 2 rings (SSSR count). The number of piperidine rings is 1. The first-order chi connectivity index (χ1) is 10.1. The number of nitrogens with zero attached hydrogens (tertiary/aromatic N) is 1. The maximum Gasteiger partial charge on any atom is 0.243 e. The Hall–Kier alpha value is -1.11. The molecule has 1 unspecified atom stereocenters. The van der Waals surface area contributed by atoms with Crippen molar-refractivity contribution in [3.8, 4) is 0 Å². The Morgan fingerprint density at radius 2 is 2.00 bits per heavy atom. The largest absolute Gasteiger partial charge is 0.395 e. The van der Waals surface area contributed by atoms with Crippen LogP contribution < -0.4 is 5.32 Å². The molecule has 0 amide bonds. The van der Waals surface area contributed by atoms with Crippen molar-refractivity contribution in [1.82, 2.24) is 4.31 Å². The van der Waals surface area contributed by atoms with Gasteiger partial charge in [-0.15, -0.1) is 0 Å². The molecule has 6 heteroatoms. The highest BCUT2D eigenvalue weighted by molar-refractivity contribution is 7.89. The Morgan fingerprint density at radius 3 is 2.62 bits per heavy atom. The molecule has 0 saturated carbocycles. The van der Waals surface area contributed by atoms with Gasteiger partial charge in [0.05, 0.1) is 11.5 Å². The van der Waals surface area contributed by atoms with E-state index in [9.17, 15) is 13.5 Å². The molecule has 1 aliphatic rings. The van der Waals surface area contributed by atoms with Crippen LogP contribution in [0.1, 0.15) is 32.6 Å². The molecule has 0 aromatic heterocycles. The summed E-state index contributed by atoms with van der Waals surface area (Å²) in [4.78, 5) is 0.296. The van der Waals surface area contributed by atoms with Gasteiger partial charge in [-0.2, -0.15) is 4.31 Å². The van der Waals surface area contributed by atoms with E-state index in [1.807, 2.05) is 0 Å². The van der Waals surface area contributed by atoms with Crippen molar-refractivity contribution >= 4 is 15.7 Å². The second kappa shape index (κ2) is 7.24. The second-order valence-corrected chi connectivity index (χ2v) is 7.29. The van der Waals surface area contributed by atoms with E-state index in [-0.39, 0.29) is 12.6 Å². The molecule has 1 aliphatic heterocycles. The molecule has 1 aromatic rings. The van der Waals surface area contributed by atoms with Gasteiger partial charge in [0.15, 0.2) is 0 Å².